The smallest absolute Gasteiger partial charge is 0.412 e. The summed E-state index contributed by atoms with van der Waals surface area (Å²) in [6.45, 7) is 5.30. The van der Waals surface area contributed by atoms with Crippen LogP contribution >= 0.6 is 11.6 Å². The van der Waals surface area contributed by atoms with Crippen molar-refractivity contribution in [2.24, 2.45) is 0 Å². The van der Waals surface area contributed by atoms with Crippen LogP contribution in [0, 0.1) is 0 Å². The van der Waals surface area contributed by atoms with Gasteiger partial charge >= 0.3 is 6.09 Å². The Morgan fingerprint density at radius 3 is 2.65 bits per heavy atom. The highest BCUT2D eigenvalue weighted by atomic mass is 35.5. The second-order valence-corrected chi connectivity index (χ2v) is 4.53. The number of nitrogens with zero attached hydrogens (tertiary/aromatic N) is 2. The second kappa shape index (κ2) is 5.18. The van der Waals surface area contributed by atoms with Crippen molar-refractivity contribution in [1.29, 1.82) is 0 Å². The van der Waals surface area contributed by atoms with Gasteiger partial charge in [0.1, 0.15) is 11.3 Å². The lowest BCUT2D eigenvalue weighted by molar-refractivity contribution is 0.0635. The van der Waals surface area contributed by atoms with Gasteiger partial charge in [-0.05, 0) is 32.4 Å². The molecule has 7 heteroatoms. The zero-order valence-corrected chi connectivity index (χ0v) is 10.8. The van der Waals surface area contributed by atoms with E-state index in [2.05, 4.69) is 15.3 Å². The van der Waals surface area contributed by atoms with E-state index in [1.165, 1.54) is 13.3 Å². The quantitative estimate of drug-likeness (QED) is 0.826. The van der Waals surface area contributed by atoms with E-state index in [0.29, 0.717) is 5.69 Å². The Kier molecular flexibility index (Phi) is 4.11. The summed E-state index contributed by atoms with van der Waals surface area (Å²) in [6, 6.07) is 0. The van der Waals surface area contributed by atoms with Crippen LogP contribution in [0.5, 0.6) is 5.88 Å². The molecule has 1 aromatic rings. The van der Waals surface area contributed by atoms with E-state index in [4.69, 9.17) is 21.1 Å². The molecule has 0 bridgehead atoms. The number of nitrogens with one attached hydrogen (secondary N) is 1. The van der Waals surface area contributed by atoms with Gasteiger partial charge in [-0.15, -0.1) is 0 Å². The Morgan fingerprint density at radius 2 is 2.12 bits per heavy atom. The summed E-state index contributed by atoms with van der Waals surface area (Å²) in [6.07, 6.45) is 0.736. The fourth-order valence-corrected chi connectivity index (χ4v) is 1.13. The van der Waals surface area contributed by atoms with Crippen molar-refractivity contribution in [3.8, 4) is 5.88 Å². The molecule has 0 radical (unpaired) electrons. The van der Waals surface area contributed by atoms with Crippen molar-refractivity contribution in [3.63, 3.8) is 0 Å². The van der Waals surface area contributed by atoms with Crippen molar-refractivity contribution >= 4 is 23.4 Å². The fourth-order valence-electron chi connectivity index (χ4n) is 1.00. The largest absolute Gasteiger partial charge is 0.479 e. The minimum atomic E-state index is -0.610. The van der Waals surface area contributed by atoms with Gasteiger partial charge in [-0.3, -0.25) is 5.32 Å². The monoisotopic (exact) mass is 259 g/mol. The normalized spacial score (nSPS) is 10.9. The molecule has 0 atom stereocenters. The molecular weight excluding hydrogens is 246 g/mol. The third-order valence-electron chi connectivity index (χ3n) is 1.55. The number of ether oxygens (including phenoxy) is 2. The molecule has 0 saturated heterocycles. The van der Waals surface area contributed by atoms with Crippen molar-refractivity contribution in [3.05, 3.63) is 11.5 Å². The van der Waals surface area contributed by atoms with Gasteiger partial charge < -0.3 is 9.47 Å². The second-order valence-electron chi connectivity index (χ2n) is 4.19. The van der Waals surface area contributed by atoms with Crippen LogP contribution in [0.1, 0.15) is 20.8 Å². The fraction of sp³-hybridized carbons (Fsp3) is 0.500. The first-order valence-electron chi connectivity index (χ1n) is 4.88. The molecule has 1 heterocycles. The molecule has 6 nitrogen and oxygen atoms in total. The van der Waals surface area contributed by atoms with Crippen LogP contribution in [-0.2, 0) is 4.74 Å². The van der Waals surface area contributed by atoms with E-state index in [9.17, 15) is 4.79 Å². The Bertz CT molecular complexity index is 418. The number of halogens is 1. The molecular formula is C10H14ClN3O3. The van der Waals surface area contributed by atoms with Gasteiger partial charge in [0.15, 0.2) is 0 Å². The van der Waals surface area contributed by atoms with Crippen LogP contribution in [0.15, 0.2) is 6.20 Å². The van der Waals surface area contributed by atoms with Crippen molar-refractivity contribution in [2.75, 3.05) is 12.4 Å². The third kappa shape index (κ3) is 4.44. The first-order chi connectivity index (χ1) is 7.81. The maximum Gasteiger partial charge on any atom is 0.412 e. The summed E-state index contributed by atoms with van der Waals surface area (Å²) in [5.74, 6) is 0.177. The molecule has 1 aromatic heterocycles. The topological polar surface area (TPSA) is 73.3 Å². The van der Waals surface area contributed by atoms with E-state index in [-0.39, 0.29) is 11.2 Å². The highest BCUT2D eigenvalue weighted by Gasteiger charge is 2.18. The highest BCUT2D eigenvalue weighted by Crippen LogP contribution is 2.22. The van der Waals surface area contributed by atoms with Crippen LogP contribution in [0.2, 0.25) is 5.28 Å². The molecule has 0 fully saturated rings. The molecule has 0 aliphatic heterocycles. The Labute approximate surface area is 104 Å². The van der Waals surface area contributed by atoms with Gasteiger partial charge in [0.05, 0.1) is 13.3 Å². The Hall–Kier alpha value is -1.56. The summed E-state index contributed by atoms with van der Waals surface area (Å²) in [5, 5.41) is 2.51. The van der Waals surface area contributed by atoms with Crippen LogP contribution < -0.4 is 10.1 Å². The third-order valence-corrected chi connectivity index (χ3v) is 1.74. The molecule has 17 heavy (non-hydrogen) atoms. The first kappa shape index (κ1) is 13.5. The maximum atomic E-state index is 11.5. The predicted octanol–water partition coefficient (Wildman–Crippen LogP) is 2.49. The summed E-state index contributed by atoms with van der Waals surface area (Å²) < 4.78 is 10.0. The summed E-state index contributed by atoms with van der Waals surface area (Å²) >= 11 is 5.59. The molecule has 0 spiro atoms. The Balaban J connectivity index is 2.78. The number of aromatic nitrogens is 2. The molecule has 0 aliphatic rings. The van der Waals surface area contributed by atoms with E-state index in [1.807, 2.05) is 0 Å². The number of carbonyl (C=O) groups is 1. The number of carbonyl (C=O) groups excluding carboxylic acids is 1. The lowest BCUT2D eigenvalue weighted by Gasteiger charge is -2.19. The molecule has 0 aromatic carbocycles. The standard InChI is InChI=1S/C10H14ClN3O3/c1-10(2,3)17-9(15)13-6-5-12-8(11)14-7(6)16-4/h5H,1-4H3,(H,13,15). The number of amides is 1. The lowest BCUT2D eigenvalue weighted by atomic mass is 10.2. The number of anilines is 1. The zero-order valence-electron chi connectivity index (χ0n) is 10.1. The van der Waals surface area contributed by atoms with Gasteiger partial charge in [0, 0.05) is 0 Å². The van der Waals surface area contributed by atoms with Gasteiger partial charge in [-0.1, -0.05) is 0 Å². The van der Waals surface area contributed by atoms with Crippen LogP contribution in [0.3, 0.4) is 0 Å². The number of rotatable bonds is 2. The van der Waals surface area contributed by atoms with Crippen LogP contribution in [-0.4, -0.2) is 28.8 Å². The number of hydrogen-bond donors (Lipinski definition) is 1. The average Bonchev–Trinajstić information content (AvgIpc) is 2.17. The zero-order chi connectivity index (χ0) is 13.1. The van der Waals surface area contributed by atoms with E-state index in [0.717, 1.165) is 0 Å². The summed E-state index contributed by atoms with van der Waals surface area (Å²) in [5.41, 5.74) is -0.281. The first-order valence-corrected chi connectivity index (χ1v) is 5.26. The van der Waals surface area contributed by atoms with Crippen molar-refractivity contribution < 1.29 is 14.3 Å². The van der Waals surface area contributed by atoms with Crippen molar-refractivity contribution in [2.45, 2.75) is 26.4 Å². The van der Waals surface area contributed by atoms with Crippen LogP contribution in [0.4, 0.5) is 10.5 Å². The molecule has 1 amide bonds. The summed E-state index contributed by atoms with van der Waals surface area (Å²) in [7, 11) is 1.42. The molecule has 94 valence electrons. The number of methoxy groups -OCH3 is 1. The van der Waals surface area contributed by atoms with Gasteiger partial charge in [0.2, 0.25) is 11.2 Å². The van der Waals surface area contributed by atoms with E-state index in [1.54, 1.807) is 20.8 Å². The average molecular weight is 260 g/mol. The van der Waals surface area contributed by atoms with Crippen LogP contribution in [0.25, 0.3) is 0 Å². The minimum absolute atomic E-state index is 0.0385. The maximum absolute atomic E-state index is 11.5. The van der Waals surface area contributed by atoms with Gasteiger partial charge in [-0.25, -0.2) is 9.78 Å². The Morgan fingerprint density at radius 1 is 1.47 bits per heavy atom. The minimum Gasteiger partial charge on any atom is -0.479 e. The molecule has 1 N–H and O–H groups in total. The highest BCUT2D eigenvalue weighted by molar-refractivity contribution is 6.28. The molecule has 0 aliphatic carbocycles. The predicted molar refractivity (Wildman–Crippen MR) is 63.5 cm³/mol. The molecule has 1 rings (SSSR count). The number of hydrogen-bond acceptors (Lipinski definition) is 5. The SMILES string of the molecule is COc1nc(Cl)ncc1NC(=O)OC(C)(C)C. The lowest BCUT2D eigenvalue weighted by Crippen LogP contribution is -2.27. The molecule has 0 saturated carbocycles. The van der Waals surface area contributed by atoms with Crippen molar-refractivity contribution in [1.82, 2.24) is 9.97 Å². The van der Waals surface area contributed by atoms with E-state index < -0.39 is 11.7 Å². The van der Waals surface area contributed by atoms with Gasteiger partial charge in [-0.2, -0.15) is 4.98 Å². The summed E-state index contributed by atoms with van der Waals surface area (Å²) in [4.78, 5) is 19.0. The molecule has 0 unspecified atom stereocenters. The van der Waals surface area contributed by atoms with Gasteiger partial charge in [0.25, 0.3) is 0 Å². The van der Waals surface area contributed by atoms with E-state index >= 15 is 0 Å².